The largest absolute Gasteiger partial charge is 0.352 e. The average Bonchev–Trinajstić information content (AvgIpc) is 2.58. The first-order valence-electron chi connectivity index (χ1n) is 4.36. The molecule has 5 heteroatoms. The molecule has 0 radical (unpaired) electrons. The van der Waals surface area contributed by atoms with E-state index in [1.165, 1.54) is 0 Å². The SMILES string of the molecule is CNCCC(=O)NCc1csc(Br)c1. The van der Waals surface area contributed by atoms with Crippen molar-refractivity contribution in [2.45, 2.75) is 13.0 Å². The molecule has 0 aliphatic carbocycles. The molecule has 1 rings (SSSR count). The molecule has 1 amide bonds. The highest BCUT2D eigenvalue weighted by Crippen LogP contribution is 2.20. The number of rotatable bonds is 5. The third-order valence-corrected chi connectivity index (χ3v) is 3.27. The van der Waals surface area contributed by atoms with Crippen molar-refractivity contribution in [3.05, 3.63) is 20.8 Å². The van der Waals surface area contributed by atoms with E-state index in [4.69, 9.17) is 0 Å². The van der Waals surface area contributed by atoms with Gasteiger partial charge < -0.3 is 10.6 Å². The Morgan fingerprint density at radius 2 is 2.43 bits per heavy atom. The molecule has 0 aliphatic heterocycles. The molecule has 0 fully saturated rings. The van der Waals surface area contributed by atoms with Gasteiger partial charge in [0.2, 0.25) is 5.91 Å². The average molecular weight is 277 g/mol. The minimum Gasteiger partial charge on any atom is -0.352 e. The Hall–Kier alpha value is -0.390. The van der Waals surface area contributed by atoms with Gasteiger partial charge >= 0.3 is 0 Å². The van der Waals surface area contributed by atoms with E-state index in [2.05, 4.69) is 26.6 Å². The molecule has 1 aromatic rings. The van der Waals surface area contributed by atoms with Gasteiger partial charge in [-0.2, -0.15) is 0 Å². The molecular formula is C9H13BrN2OS. The van der Waals surface area contributed by atoms with E-state index in [1.807, 2.05) is 18.5 Å². The quantitative estimate of drug-likeness (QED) is 0.860. The zero-order chi connectivity index (χ0) is 10.4. The lowest BCUT2D eigenvalue weighted by Gasteiger charge is -2.02. The predicted octanol–water partition coefficient (Wildman–Crippen LogP) is 1.74. The van der Waals surface area contributed by atoms with Gasteiger partial charge in [-0.1, -0.05) is 0 Å². The van der Waals surface area contributed by atoms with Crippen molar-refractivity contribution in [1.82, 2.24) is 10.6 Å². The third kappa shape index (κ3) is 4.21. The summed E-state index contributed by atoms with van der Waals surface area (Å²) in [4.78, 5) is 11.2. The molecular weight excluding hydrogens is 264 g/mol. The fourth-order valence-electron chi connectivity index (χ4n) is 0.966. The Labute approximate surface area is 96.0 Å². The summed E-state index contributed by atoms with van der Waals surface area (Å²) >= 11 is 5.00. The van der Waals surface area contributed by atoms with Crippen molar-refractivity contribution < 1.29 is 4.79 Å². The molecule has 0 aliphatic rings. The summed E-state index contributed by atoms with van der Waals surface area (Å²) in [5.41, 5.74) is 1.14. The van der Waals surface area contributed by atoms with Crippen LogP contribution in [0.25, 0.3) is 0 Å². The van der Waals surface area contributed by atoms with E-state index in [0.29, 0.717) is 13.0 Å². The van der Waals surface area contributed by atoms with Crippen LogP contribution < -0.4 is 10.6 Å². The van der Waals surface area contributed by atoms with E-state index in [0.717, 1.165) is 15.9 Å². The first-order valence-corrected chi connectivity index (χ1v) is 6.04. The van der Waals surface area contributed by atoms with E-state index in [-0.39, 0.29) is 5.91 Å². The van der Waals surface area contributed by atoms with E-state index >= 15 is 0 Å². The Morgan fingerprint density at radius 1 is 1.64 bits per heavy atom. The van der Waals surface area contributed by atoms with E-state index < -0.39 is 0 Å². The van der Waals surface area contributed by atoms with Crippen molar-refractivity contribution >= 4 is 33.2 Å². The molecule has 0 atom stereocenters. The number of amides is 1. The third-order valence-electron chi connectivity index (χ3n) is 1.71. The maximum absolute atomic E-state index is 11.2. The van der Waals surface area contributed by atoms with Crippen molar-refractivity contribution in [3.8, 4) is 0 Å². The van der Waals surface area contributed by atoms with Gasteiger partial charge in [0, 0.05) is 19.5 Å². The standard InChI is InChI=1S/C9H13BrN2OS/c1-11-3-2-9(13)12-5-7-4-8(10)14-6-7/h4,6,11H,2-3,5H2,1H3,(H,12,13). The minimum absolute atomic E-state index is 0.0849. The smallest absolute Gasteiger partial charge is 0.221 e. The van der Waals surface area contributed by atoms with Crippen LogP contribution in [0.3, 0.4) is 0 Å². The number of nitrogens with one attached hydrogen (secondary N) is 2. The van der Waals surface area contributed by atoms with Crippen LogP contribution in [0.4, 0.5) is 0 Å². The second-order valence-corrected chi connectivity index (χ2v) is 5.18. The van der Waals surface area contributed by atoms with Crippen LogP contribution >= 0.6 is 27.3 Å². The molecule has 0 unspecified atom stereocenters. The highest BCUT2D eigenvalue weighted by atomic mass is 79.9. The Bertz CT molecular complexity index is 301. The normalized spacial score (nSPS) is 10.1. The van der Waals surface area contributed by atoms with Gasteiger partial charge in [0.1, 0.15) is 0 Å². The number of carbonyl (C=O) groups is 1. The number of hydrogen-bond acceptors (Lipinski definition) is 3. The first kappa shape index (κ1) is 11.7. The van der Waals surface area contributed by atoms with Gasteiger partial charge in [-0.3, -0.25) is 4.79 Å². The summed E-state index contributed by atoms with van der Waals surface area (Å²) in [7, 11) is 1.84. The minimum atomic E-state index is 0.0849. The first-order chi connectivity index (χ1) is 6.72. The second kappa shape index (κ2) is 6.16. The number of halogens is 1. The number of carbonyl (C=O) groups excluding carboxylic acids is 1. The molecule has 0 aromatic carbocycles. The highest BCUT2D eigenvalue weighted by Gasteiger charge is 2.01. The fraction of sp³-hybridized carbons (Fsp3) is 0.444. The summed E-state index contributed by atoms with van der Waals surface area (Å²) in [6.45, 7) is 1.34. The van der Waals surface area contributed by atoms with Crippen LogP contribution in [-0.2, 0) is 11.3 Å². The zero-order valence-electron chi connectivity index (χ0n) is 7.97. The second-order valence-electron chi connectivity index (χ2n) is 2.89. The van der Waals surface area contributed by atoms with Crippen LogP contribution in [0.1, 0.15) is 12.0 Å². The van der Waals surface area contributed by atoms with Crippen molar-refractivity contribution in [2.75, 3.05) is 13.6 Å². The maximum atomic E-state index is 11.2. The number of thiophene rings is 1. The molecule has 14 heavy (non-hydrogen) atoms. The highest BCUT2D eigenvalue weighted by molar-refractivity contribution is 9.11. The molecule has 2 N–H and O–H groups in total. The summed E-state index contributed by atoms with van der Waals surface area (Å²) in [6, 6.07) is 2.02. The van der Waals surface area contributed by atoms with Crippen LogP contribution in [0.15, 0.2) is 15.2 Å². The van der Waals surface area contributed by atoms with Crippen LogP contribution in [0.2, 0.25) is 0 Å². The maximum Gasteiger partial charge on any atom is 0.221 e. The topological polar surface area (TPSA) is 41.1 Å². The van der Waals surface area contributed by atoms with E-state index in [1.54, 1.807) is 11.3 Å². The molecule has 0 saturated carbocycles. The Morgan fingerprint density at radius 3 is 3.00 bits per heavy atom. The van der Waals surface area contributed by atoms with Gasteiger partial charge in [-0.05, 0) is 40.0 Å². The van der Waals surface area contributed by atoms with Crippen molar-refractivity contribution in [3.63, 3.8) is 0 Å². The Balaban J connectivity index is 2.23. The Kier molecular flexibility index (Phi) is 5.14. The van der Waals surface area contributed by atoms with E-state index in [9.17, 15) is 4.79 Å². The van der Waals surface area contributed by atoms with Crippen LogP contribution in [-0.4, -0.2) is 19.5 Å². The molecule has 78 valence electrons. The molecule has 1 heterocycles. The molecule has 0 spiro atoms. The lowest BCUT2D eigenvalue weighted by Crippen LogP contribution is -2.25. The lowest BCUT2D eigenvalue weighted by atomic mass is 10.3. The van der Waals surface area contributed by atoms with Crippen LogP contribution in [0, 0.1) is 0 Å². The zero-order valence-corrected chi connectivity index (χ0v) is 10.4. The van der Waals surface area contributed by atoms with Crippen molar-refractivity contribution in [1.29, 1.82) is 0 Å². The molecule has 1 aromatic heterocycles. The summed E-state index contributed by atoms with van der Waals surface area (Å²) in [5, 5.41) is 7.82. The molecule has 0 saturated heterocycles. The molecule has 0 bridgehead atoms. The lowest BCUT2D eigenvalue weighted by molar-refractivity contribution is -0.121. The van der Waals surface area contributed by atoms with Gasteiger partial charge in [-0.15, -0.1) is 11.3 Å². The van der Waals surface area contributed by atoms with Crippen LogP contribution in [0.5, 0.6) is 0 Å². The van der Waals surface area contributed by atoms with Gasteiger partial charge in [0.15, 0.2) is 0 Å². The number of hydrogen-bond donors (Lipinski definition) is 2. The van der Waals surface area contributed by atoms with Gasteiger partial charge in [0.05, 0.1) is 3.79 Å². The van der Waals surface area contributed by atoms with Crippen molar-refractivity contribution in [2.24, 2.45) is 0 Å². The molecule has 3 nitrogen and oxygen atoms in total. The fourth-order valence-corrected chi connectivity index (χ4v) is 2.18. The predicted molar refractivity (Wildman–Crippen MR) is 62.4 cm³/mol. The summed E-state index contributed by atoms with van der Waals surface area (Å²) < 4.78 is 1.09. The summed E-state index contributed by atoms with van der Waals surface area (Å²) in [6.07, 6.45) is 0.530. The summed E-state index contributed by atoms with van der Waals surface area (Å²) in [5.74, 6) is 0.0849. The van der Waals surface area contributed by atoms with Gasteiger partial charge in [0.25, 0.3) is 0 Å². The monoisotopic (exact) mass is 276 g/mol. The van der Waals surface area contributed by atoms with Gasteiger partial charge in [-0.25, -0.2) is 0 Å².